The molecule has 0 unspecified atom stereocenters. The largest absolute Gasteiger partial charge is 0.497 e. The van der Waals surface area contributed by atoms with Crippen LogP contribution >= 0.6 is 0 Å². The first-order chi connectivity index (χ1) is 9.67. The predicted molar refractivity (Wildman–Crippen MR) is 76.0 cm³/mol. The molecule has 4 heteroatoms. The SMILES string of the molecule is COc1ccc(-c2nc3cc(C(C)=O)ccc3o2)cc1. The van der Waals surface area contributed by atoms with Crippen LogP contribution in [0.5, 0.6) is 5.75 Å². The lowest BCUT2D eigenvalue weighted by atomic mass is 10.1. The van der Waals surface area contributed by atoms with Gasteiger partial charge in [-0.3, -0.25) is 4.79 Å². The number of oxazole rings is 1. The monoisotopic (exact) mass is 267 g/mol. The first kappa shape index (κ1) is 12.4. The van der Waals surface area contributed by atoms with Gasteiger partial charge in [0, 0.05) is 11.1 Å². The van der Waals surface area contributed by atoms with Crippen LogP contribution in [0.2, 0.25) is 0 Å². The Bertz CT molecular complexity index is 772. The minimum atomic E-state index is 0.0147. The van der Waals surface area contributed by atoms with Gasteiger partial charge in [0.15, 0.2) is 11.4 Å². The third-order valence-electron chi connectivity index (χ3n) is 3.13. The molecule has 0 aliphatic rings. The average Bonchev–Trinajstić information content (AvgIpc) is 2.90. The van der Waals surface area contributed by atoms with Crippen molar-refractivity contribution in [3.63, 3.8) is 0 Å². The standard InChI is InChI=1S/C16H13NO3/c1-10(18)12-5-8-15-14(9-12)17-16(20-15)11-3-6-13(19-2)7-4-11/h3-9H,1-2H3. The van der Waals surface area contributed by atoms with Crippen LogP contribution in [0, 0.1) is 0 Å². The molecule has 0 bridgehead atoms. The van der Waals surface area contributed by atoms with Crippen molar-refractivity contribution in [2.75, 3.05) is 7.11 Å². The van der Waals surface area contributed by atoms with E-state index in [9.17, 15) is 4.79 Å². The molecule has 0 aliphatic carbocycles. The average molecular weight is 267 g/mol. The molecular weight excluding hydrogens is 254 g/mol. The Kier molecular flexibility index (Phi) is 2.99. The lowest BCUT2D eigenvalue weighted by Gasteiger charge is -1.99. The highest BCUT2D eigenvalue weighted by Crippen LogP contribution is 2.26. The molecule has 4 nitrogen and oxygen atoms in total. The second-order valence-corrected chi connectivity index (χ2v) is 4.49. The van der Waals surface area contributed by atoms with Gasteiger partial charge in [0.25, 0.3) is 0 Å². The lowest BCUT2D eigenvalue weighted by molar-refractivity contribution is 0.101. The maximum Gasteiger partial charge on any atom is 0.227 e. The van der Waals surface area contributed by atoms with E-state index in [-0.39, 0.29) is 5.78 Å². The number of hydrogen-bond donors (Lipinski definition) is 0. The maximum atomic E-state index is 11.4. The summed E-state index contributed by atoms with van der Waals surface area (Å²) in [7, 11) is 1.62. The van der Waals surface area contributed by atoms with E-state index in [0.29, 0.717) is 22.6 Å². The van der Waals surface area contributed by atoms with Gasteiger partial charge in [0.2, 0.25) is 5.89 Å². The summed E-state index contributed by atoms with van der Waals surface area (Å²) in [6, 6.07) is 12.7. The Labute approximate surface area is 116 Å². The number of fused-ring (bicyclic) bond motifs is 1. The molecule has 0 amide bonds. The lowest BCUT2D eigenvalue weighted by Crippen LogP contribution is -1.90. The highest BCUT2D eigenvalue weighted by molar-refractivity contribution is 5.97. The number of hydrogen-bond acceptors (Lipinski definition) is 4. The molecule has 0 saturated carbocycles. The van der Waals surface area contributed by atoms with Gasteiger partial charge in [-0.1, -0.05) is 0 Å². The van der Waals surface area contributed by atoms with Crippen molar-refractivity contribution in [2.24, 2.45) is 0 Å². The van der Waals surface area contributed by atoms with Gasteiger partial charge in [-0.25, -0.2) is 4.98 Å². The van der Waals surface area contributed by atoms with E-state index in [1.54, 1.807) is 25.3 Å². The van der Waals surface area contributed by atoms with Crippen LogP contribution in [0.1, 0.15) is 17.3 Å². The number of carbonyl (C=O) groups excluding carboxylic acids is 1. The predicted octanol–water partition coefficient (Wildman–Crippen LogP) is 3.71. The first-order valence-electron chi connectivity index (χ1n) is 6.23. The number of aromatic nitrogens is 1. The van der Waals surface area contributed by atoms with Crippen LogP contribution in [0.15, 0.2) is 46.9 Å². The molecule has 0 spiro atoms. The van der Waals surface area contributed by atoms with E-state index >= 15 is 0 Å². The highest BCUT2D eigenvalue weighted by atomic mass is 16.5. The second kappa shape index (κ2) is 4.81. The molecule has 0 saturated heterocycles. The van der Waals surface area contributed by atoms with E-state index in [0.717, 1.165) is 11.3 Å². The molecule has 0 fully saturated rings. The molecule has 20 heavy (non-hydrogen) atoms. The fourth-order valence-electron chi connectivity index (χ4n) is 2.00. The number of Topliss-reactive ketones (excluding diaryl/α,β-unsaturated/α-hetero) is 1. The van der Waals surface area contributed by atoms with E-state index < -0.39 is 0 Å². The van der Waals surface area contributed by atoms with Crippen molar-refractivity contribution in [2.45, 2.75) is 6.92 Å². The molecule has 0 atom stereocenters. The molecule has 0 N–H and O–H groups in total. The van der Waals surface area contributed by atoms with Crippen LogP contribution < -0.4 is 4.74 Å². The summed E-state index contributed by atoms with van der Waals surface area (Å²) in [5.74, 6) is 1.33. The van der Waals surface area contributed by atoms with E-state index in [1.165, 1.54) is 6.92 Å². The summed E-state index contributed by atoms with van der Waals surface area (Å²) >= 11 is 0. The molecule has 1 aromatic heterocycles. The third-order valence-corrected chi connectivity index (χ3v) is 3.13. The normalized spacial score (nSPS) is 10.7. The number of nitrogens with zero attached hydrogens (tertiary/aromatic N) is 1. The van der Waals surface area contributed by atoms with Crippen molar-refractivity contribution in [3.8, 4) is 17.2 Å². The summed E-state index contributed by atoms with van der Waals surface area (Å²) < 4.78 is 10.8. The Balaban J connectivity index is 2.05. The molecule has 1 heterocycles. The zero-order valence-electron chi connectivity index (χ0n) is 11.2. The minimum Gasteiger partial charge on any atom is -0.497 e. The summed E-state index contributed by atoms with van der Waals surface area (Å²) in [5, 5.41) is 0. The van der Waals surface area contributed by atoms with E-state index in [1.807, 2.05) is 24.3 Å². The van der Waals surface area contributed by atoms with Crippen molar-refractivity contribution in [1.82, 2.24) is 4.98 Å². The fourth-order valence-corrected chi connectivity index (χ4v) is 2.00. The maximum absolute atomic E-state index is 11.4. The topological polar surface area (TPSA) is 52.3 Å². The van der Waals surface area contributed by atoms with Crippen LogP contribution in [-0.2, 0) is 0 Å². The van der Waals surface area contributed by atoms with Gasteiger partial charge in [0.1, 0.15) is 11.3 Å². The molecular formula is C16H13NO3. The zero-order valence-corrected chi connectivity index (χ0v) is 11.2. The Morgan fingerprint density at radius 1 is 1.15 bits per heavy atom. The number of ether oxygens (including phenoxy) is 1. The molecule has 100 valence electrons. The smallest absolute Gasteiger partial charge is 0.227 e. The van der Waals surface area contributed by atoms with E-state index in [2.05, 4.69) is 4.98 Å². The fraction of sp³-hybridized carbons (Fsp3) is 0.125. The quantitative estimate of drug-likeness (QED) is 0.679. The van der Waals surface area contributed by atoms with Gasteiger partial charge < -0.3 is 9.15 Å². The number of ketones is 1. The molecule has 0 radical (unpaired) electrons. The Morgan fingerprint density at radius 2 is 1.90 bits per heavy atom. The van der Waals surface area contributed by atoms with Crippen LogP contribution in [0.4, 0.5) is 0 Å². The Hall–Kier alpha value is -2.62. The number of carbonyl (C=O) groups is 1. The van der Waals surface area contributed by atoms with Crippen molar-refractivity contribution in [1.29, 1.82) is 0 Å². The molecule has 2 aromatic carbocycles. The van der Waals surface area contributed by atoms with Crippen LogP contribution in [0.25, 0.3) is 22.6 Å². The number of benzene rings is 2. The summed E-state index contributed by atoms with van der Waals surface area (Å²) in [4.78, 5) is 15.8. The summed E-state index contributed by atoms with van der Waals surface area (Å²) in [6.07, 6.45) is 0. The second-order valence-electron chi connectivity index (χ2n) is 4.49. The number of methoxy groups -OCH3 is 1. The highest BCUT2D eigenvalue weighted by Gasteiger charge is 2.10. The van der Waals surface area contributed by atoms with Gasteiger partial charge in [0.05, 0.1) is 7.11 Å². The van der Waals surface area contributed by atoms with Gasteiger partial charge in [-0.15, -0.1) is 0 Å². The molecule has 0 aliphatic heterocycles. The van der Waals surface area contributed by atoms with Crippen LogP contribution in [0.3, 0.4) is 0 Å². The number of rotatable bonds is 3. The van der Waals surface area contributed by atoms with Gasteiger partial charge in [-0.2, -0.15) is 0 Å². The first-order valence-corrected chi connectivity index (χ1v) is 6.23. The zero-order chi connectivity index (χ0) is 14.1. The summed E-state index contributed by atoms with van der Waals surface area (Å²) in [6.45, 7) is 1.53. The van der Waals surface area contributed by atoms with Crippen molar-refractivity contribution >= 4 is 16.9 Å². The van der Waals surface area contributed by atoms with Crippen molar-refractivity contribution < 1.29 is 13.9 Å². The third kappa shape index (κ3) is 2.16. The van der Waals surface area contributed by atoms with Gasteiger partial charge >= 0.3 is 0 Å². The van der Waals surface area contributed by atoms with E-state index in [4.69, 9.17) is 9.15 Å². The Morgan fingerprint density at radius 3 is 2.55 bits per heavy atom. The van der Waals surface area contributed by atoms with Gasteiger partial charge in [-0.05, 0) is 49.4 Å². The van der Waals surface area contributed by atoms with Crippen molar-refractivity contribution in [3.05, 3.63) is 48.0 Å². The minimum absolute atomic E-state index is 0.0147. The molecule has 3 aromatic rings. The molecule has 3 rings (SSSR count). The summed E-state index contributed by atoms with van der Waals surface area (Å²) in [5.41, 5.74) is 2.85. The van der Waals surface area contributed by atoms with Crippen LogP contribution in [-0.4, -0.2) is 17.9 Å².